The van der Waals surface area contributed by atoms with Crippen molar-refractivity contribution in [3.05, 3.63) is 101 Å². The van der Waals surface area contributed by atoms with Gasteiger partial charge in [0.05, 0.1) is 12.6 Å². The van der Waals surface area contributed by atoms with Gasteiger partial charge in [-0.1, -0.05) is 54.6 Å². The van der Waals surface area contributed by atoms with Crippen molar-refractivity contribution >= 4 is 11.9 Å². The van der Waals surface area contributed by atoms with Gasteiger partial charge in [-0.15, -0.1) is 0 Å². The predicted octanol–water partition coefficient (Wildman–Crippen LogP) is 3.98. The highest BCUT2D eigenvalue weighted by molar-refractivity contribution is 5.79. The Morgan fingerprint density at radius 1 is 0.970 bits per heavy atom. The Hall–Kier alpha value is -3.71. The molecule has 6 nitrogen and oxygen atoms in total. The smallest absolute Gasteiger partial charge is 0.341 e. The van der Waals surface area contributed by atoms with E-state index in [2.05, 4.69) is 0 Å². The van der Waals surface area contributed by atoms with Crippen molar-refractivity contribution in [1.29, 1.82) is 0 Å². The molecule has 1 unspecified atom stereocenters. The summed E-state index contributed by atoms with van der Waals surface area (Å²) in [6.07, 6.45) is 0.651. The first-order valence-corrected chi connectivity index (χ1v) is 10.7. The molecule has 1 amide bonds. The minimum Gasteiger partial charge on any atom is -0.482 e. The van der Waals surface area contributed by atoms with Gasteiger partial charge in [-0.3, -0.25) is 4.79 Å². The standard InChI is InChI=1S/C26H24FNO5/c27-20-10-11-23(33-17-25(30)31)22(14-20)26-21-9-5-4-8-19(21)12-13-28(26)24(29)16-32-15-18-6-2-1-3-7-18/h1-11,14,26H,12-13,15-17H2,(H,30,31). The lowest BCUT2D eigenvalue weighted by molar-refractivity contribution is -0.140. The maximum absolute atomic E-state index is 14.3. The minimum absolute atomic E-state index is 0.131. The van der Waals surface area contributed by atoms with E-state index in [1.165, 1.54) is 18.2 Å². The largest absolute Gasteiger partial charge is 0.482 e. The second kappa shape index (κ2) is 10.3. The van der Waals surface area contributed by atoms with Crippen molar-refractivity contribution < 1.29 is 28.6 Å². The van der Waals surface area contributed by atoms with Gasteiger partial charge in [0, 0.05) is 12.1 Å². The molecule has 0 fully saturated rings. The Labute approximate surface area is 191 Å². The Morgan fingerprint density at radius 3 is 2.52 bits per heavy atom. The molecule has 7 heteroatoms. The monoisotopic (exact) mass is 449 g/mol. The summed E-state index contributed by atoms with van der Waals surface area (Å²) in [7, 11) is 0. The summed E-state index contributed by atoms with van der Waals surface area (Å²) in [5, 5.41) is 9.04. The number of carboxylic acids is 1. The van der Waals surface area contributed by atoms with Crippen LogP contribution in [0.1, 0.15) is 28.3 Å². The molecule has 0 bridgehead atoms. The molecule has 3 aromatic carbocycles. The molecule has 1 heterocycles. The number of carboxylic acid groups (broad SMARTS) is 1. The average molecular weight is 449 g/mol. The van der Waals surface area contributed by atoms with Gasteiger partial charge in [-0.2, -0.15) is 0 Å². The maximum Gasteiger partial charge on any atom is 0.341 e. The van der Waals surface area contributed by atoms with Gasteiger partial charge in [0.15, 0.2) is 6.61 Å². The molecule has 1 aliphatic rings. The lowest BCUT2D eigenvalue weighted by atomic mass is 9.87. The number of carbonyl (C=O) groups excluding carboxylic acids is 1. The fourth-order valence-electron chi connectivity index (χ4n) is 4.09. The molecular weight excluding hydrogens is 425 g/mol. The number of fused-ring (bicyclic) bond motifs is 1. The highest BCUT2D eigenvalue weighted by atomic mass is 19.1. The minimum atomic E-state index is -1.14. The third-order valence-electron chi connectivity index (χ3n) is 5.56. The van der Waals surface area contributed by atoms with Crippen LogP contribution in [0, 0.1) is 5.82 Å². The van der Waals surface area contributed by atoms with E-state index in [9.17, 15) is 14.0 Å². The number of halogens is 1. The molecule has 0 aliphatic carbocycles. The summed E-state index contributed by atoms with van der Waals surface area (Å²) in [6.45, 7) is 0.0219. The van der Waals surface area contributed by atoms with E-state index in [4.69, 9.17) is 14.6 Å². The second-order valence-electron chi connectivity index (χ2n) is 7.78. The number of ether oxygens (including phenoxy) is 2. The first-order chi connectivity index (χ1) is 16.0. The fourth-order valence-corrected chi connectivity index (χ4v) is 4.09. The average Bonchev–Trinajstić information content (AvgIpc) is 2.83. The summed E-state index contributed by atoms with van der Waals surface area (Å²) in [5.74, 6) is -1.65. The third-order valence-corrected chi connectivity index (χ3v) is 5.56. The molecule has 33 heavy (non-hydrogen) atoms. The van der Waals surface area contributed by atoms with Crippen LogP contribution in [0.2, 0.25) is 0 Å². The molecule has 1 aliphatic heterocycles. The SMILES string of the molecule is O=C(O)COc1ccc(F)cc1C1c2ccccc2CCN1C(=O)COCc1ccccc1. The van der Waals surface area contributed by atoms with Crippen LogP contribution in [0.4, 0.5) is 4.39 Å². The fraction of sp³-hybridized carbons (Fsp3) is 0.231. The van der Waals surface area contributed by atoms with Gasteiger partial charge >= 0.3 is 5.97 Å². The van der Waals surface area contributed by atoms with E-state index in [-0.39, 0.29) is 18.3 Å². The second-order valence-corrected chi connectivity index (χ2v) is 7.78. The molecule has 0 aromatic heterocycles. The molecule has 1 atom stereocenters. The Balaban J connectivity index is 1.63. The van der Waals surface area contributed by atoms with Crippen molar-refractivity contribution in [2.75, 3.05) is 19.8 Å². The zero-order chi connectivity index (χ0) is 23.2. The van der Waals surface area contributed by atoms with Gasteiger partial charge in [-0.05, 0) is 41.3 Å². The zero-order valence-electron chi connectivity index (χ0n) is 17.9. The van der Waals surface area contributed by atoms with Crippen molar-refractivity contribution in [1.82, 2.24) is 4.90 Å². The molecule has 0 spiro atoms. The number of benzene rings is 3. The van der Waals surface area contributed by atoms with Crippen LogP contribution in [0.5, 0.6) is 5.75 Å². The molecule has 170 valence electrons. The number of carbonyl (C=O) groups is 2. The summed E-state index contributed by atoms with van der Waals surface area (Å²) < 4.78 is 25.4. The Bertz CT molecular complexity index is 1130. The highest BCUT2D eigenvalue weighted by Crippen LogP contribution is 2.39. The Kier molecular flexibility index (Phi) is 7.00. The van der Waals surface area contributed by atoms with Crippen molar-refractivity contribution in [2.45, 2.75) is 19.1 Å². The lowest BCUT2D eigenvalue weighted by Crippen LogP contribution is -2.42. The van der Waals surface area contributed by atoms with Crippen molar-refractivity contribution in [2.24, 2.45) is 0 Å². The van der Waals surface area contributed by atoms with Crippen molar-refractivity contribution in [3.8, 4) is 5.75 Å². The highest BCUT2D eigenvalue weighted by Gasteiger charge is 2.34. The quantitative estimate of drug-likeness (QED) is 0.563. The van der Waals surface area contributed by atoms with Crippen LogP contribution in [0.3, 0.4) is 0 Å². The van der Waals surface area contributed by atoms with E-state index in [0.29, 0.717) is 25.1 Å². The molecule has 0 saturated carbocycles. The number of rotatable bonds is 8. The van der Waals surface area contributed by atoms with Crippen LogP contribution >= 0.6 is 0 Å². The maximum atomic E-state index is 14.3. The predicted molar refractivity (Wildman–Crippen MR) is 119 cm³/mol. The number of hydrogen-bond donors (Lipinski definition) is 1. The van der Waals surface area contributed by atoms with Crippen LogP contribution in [0.25, 0.3) is 0 Å². The normalized spacial score (nSPS) is 15.1. The first kappa shape index (κ1) is 22.5. The summed E-state index contributed by atoms with van der Waals surface area (Å²) in [4.78, 5) is 25.9. The van der Waals surface area contributed by atoms with Crippen LogP contribution in [-0.2, 0) is 27.4 Å². The van der Waals surface area contributed by atoms with Crippen LogP contribution in [-0.4, -0.2) is 41.6 Å². The van der Waals surface area contributed by atoms with Gasteiger partial charge < -0.3 is 19.5 Å². The number of amides is 1. The first-order valence-electron chi connectivity index (χ1n) is 10.7. The van der Waals surface area contributed by atoms with E-state index in [1.807, 2.05) is 54.6 Å². The number of aliphatic carboxylic acids is 1. The number of hydrogen-bond acceptors (Lipinski definition) is 4. The lowest BCUT2D eigenvalue weighted by Gasteiger charge is -2.38. The van der Waals surface area contributed by atoms with Gasteiger partial charge in [0.25, 0.3) is 0 Å². The summed E-state index contributed by atoms with van der Waals surface area (Å²) >= 11 is 0. The molecule has 1 N–H and O–H groups in total. The van der Waals surface area contributed by atoms with E-state index >= 15 is 0 Å². The van der Waals surface area contributed by atoms with Gasteiger partial charge in [0.2, 0.25) is 5.91 Å². The molecular formula is C26H24FNO5. The molecule has 0 radical (unpaired) electrons. The summed E-state index contributed by atoms with van der Waals surface area (Å²) in [5.41, 5.74) is 3.26. The van der Waals surface area contributed by atoms with Crippen LogP contribution < -0.4 is 4.74 Å². The van der Waals surface area contributed by atoms with E-state index in [0.717, 1.165) is 16.7 Å². The molecule has 3 aromatic rings. The van der Waals surface area contributed by atoms with Gasteiger partial charge in [-0.25, -0.2) is 9.18 Å². The third kappa shape index (κ3) is 5.38. The van der Waals surface area contributed by atoms with E-state index < -0.39 is 24.4 Å². The topological polar surface area (TPSA) is 76.1 Å². The zero-order valence-corrected chi connectivity index (χ0v) is 17.9. The van der Waals surface area contributed by atoms with Gasteiger partial charge in [0.1, 0.15) is 18.2 Å². The molecule has 0 saturated heterocycles. The van der Waals surface area contributed by atoms with E-state index in [1.54, 1.807) is 4.90 Å². The summed E-state index contributed by atoms with van der Waals surface area (Å²) in [6, 6.07) is 20.5. The van der Waals surface area contributed by atoms with Crippen LogP contribution in [0.15, 0.2) is 72.8 Å². The van der Waals surface area contributed by atoms with Crippen molar-refractivity contribution in [3.63, 3.8) is 0 Å². The Morgan fingerprint density at radius 2 is 1.73 bits per heavy atom. The number of nitrogens with zero attached hydrogens (tertiary/aromatic N) is 1. The molecule has 4 rings (SSSR count).